The molecule has 1 saturated carbocycles. The van der Waals surface area contributed by atoms with Crippen molar-refractivity contribution in [3.8, 4) is 0 Å². The highest BCUT2D eigenvalue weighted by Crippen LogP contribution is 2.46. The second-order valence-electron chi connectivity index (χ2n) is 9.01. The van der Waals surface area contributed by atoms with Gasteiger partial charge in [-0.3, -0.25) is 19.3 Å². The average molecular weight is 379 g/mol. The van der Waals surface area contributed by atoms with Crippen LogP contribution in [0.3, 0.4) is 0 Å². The number of hydrogen-bond donors (Lipinski definition) is 1. The molecule has 2 heterocycles. The molecule has 0 aromatic rings. The fourth-order valence-corrected chi connectivity index (χ4v) is 5.02. The van der Waals surface area contributed by atoms with Gasteiger partial charge in [-0.1, -0.05) is 20.8 Å². The van der Waals surface area contributed by atoms with Crippen LogP contribution >= 0.6 is 0 Å². The lowest BCUT2D eigenvalue weighted by Gasteiger charge is -2.43. The summed E-state index contributed by atoms with van der Waals surface area (Å²) in [6, 6.07) is -0.562. The number of carbonyl (C=O) groups excluding carboxylic acids is 4. The molecule has 150 valence electrons. The van der Waals surface area contributed by atoms with Crippen LogP contribution in [0.1, 0.15) is 52.9 Å². The van der Waals surface area contributed by atoms with Gasteiger partial charge in [-0.25, -0.2) is 4.79 Å². The summed E-state index contributed by atoms with van der Waals surface area (Å²) in [6.07, 6.45) is 4.02. The molecular formula is C19H29N3O5. The quantitative estimate of drug-likeness (QED) is 0.586. The Hall–Kier alpha value is -2.12. The number of hydrogen-bond acceptors (Lipinski definition) is 5. The summed E-state index contributed by atoms with van der Waals surface area (Å²) in [4.78, 5) is 52.0. The minimum Gasteiger partial charge on any atom is -0.454 e. The number of likely N-dealkylation sites (tertiary alicyclic amines) is 1. The average Bonchev–Trinajstić information content (AvgIpc) is 3.15. The molecular weight excluding hydrogens is 350 g/mol. The van der Waals surface area contributed by atoms with Gasteiger partial charge in [0.05, 0.1) is 0 Å². The SMILES string of the molecule is C[C@@H]1CC(C)(C)C[C@]2(C1)NC(=O)N(CC(=O)OCC(=O)N1CCCC1)C2=O. The Morgan fingerprint density at radius 3 is 2.48 bits per heavy atom. The van der Waals surface area contributed by atoms with Gasteiger partial charge in [-0.2, -0.15) is 0 Å². The Kier molecular flexibility index (Phi) is 5.18. The Bertz CT molecular complexity index is 656. The van der Waals surface area contributed by atoms with E-state index in [4.69, 9.17) is 4.74 Å². The van der Waals surface area contributed by atoms with Crippen molar-refractivity contribution in [3.63, 3.8) is 0 Å². The van der Waals surface area contributed by atoms with Crippen LogP contribution in [-0.2, 0) is 19.1 Å². The molecule has 3 rings (SSSR count). The first-order chi connectivity index (χ1) is 12.6. The molecule has 8 heteroatoms. The van der Waals surface area contributed by atoms with Gasteiger partial charge in [0.15, 0.2) is 6.61 Å². The second-order valence-corrected chi connectivity index (χ2v) is 9.01. The van der Waals surface area contributed by atoms with Gasteiger partial charge in [0.2, 0.25) is 0 Å². The fourth-order valence-electron chi connectivity index (χ4n) is 5.02. The Morgan fingerprint density at radius 2 is 1.85 bits per heavy atom. The van der Waals surface area contributed by atoms with Crippen LogP contribution in [0.4, 0.5) is 4.79 Å². The molecule has 0 aromatic heterocycles. The van der Waals surface area contributed by atoms with Crippen molar-refractivity contribution < 1.29 is 23.9 Å². The number of nitrogens with one attached hydrogen (secondary N) is 1. The summed E-state index contributed by atoms with van der Waals surface area (Å²) in [5, 5.41) is 2.82. The van der Waals surface area contributed by atoms with Crippen LogP contribution in [-0.4, -0.2) is 65.4 Å². The first-order valence-corrected chi connectivity index (χ1v) is 9.69. The summed E-state index contributed by atoms with van der Waals surface area (Å²) in [5.41, 5.74) is -1.01. The van der Waals surface area contributed by atoms with Crippen molar-refractivity contribution in [1.29, 1.82) is 0 Å². The maximum atomic E-state index is 13.0. The summed E-state index contributed by atoms with van der Waals surface area (Å²) in [6.45, 7) is 6.80. The Morgan fingerprint density at radius 1 is 1.19 bits per heavy atom. The molecule has 2 atom stereocenters. The zero-order valence-corrected chi connectivity index (χ0v) is 16.4. The monoisotopic (exact) mass is 379 g/mol. The van der Waals surface area contributed by atoms with Gasteiger partial charge in [0, 0.05) is 13.1 Å². The van der Waals surface area contributed by atoms with Gasteiger partial charge in [-0.05, 0) is 43.4 Å². The predicted octanol–water partition coefficient (Wildman–Crippen LogP) is 1.29. The number of imide groups is 1. The first-order valence-electron chi connectivity index (χ1n) is 9.69. The fraction of sp³-hybridized carbons (Fsp3) is 0.789. The lowest BCUT2D eigenvalue weighted by molar-refractivity contribution is -0.153. The van der Waals surface area contributed by atoms with Crippen molar-refractivity contribution in [2.24, 2.45) is 11.3 Å². The van der Waals surface area contributed by atoms with E-state index in [2.05, 4.69) is 26.1 Å². The molecule has 27 heavy (non-hydrogen) atoms. The van der Waals surface area contributed by atoms with Crippen molar-refractivity contribution >= 4 is 23.8 Å². The van der Waals surface area contributed by atoms with Gasteiger partial charge < -0.3 is 15.0 Å². The minimum atomic E-state index is -0.941. The van der Waals surface area contributed by atoms with Gasteiger partial charge in [0.25, 0.3) is 11.8 Å². The predicted molar refractivity (Wildman–Crippen MR) is 96.5 cm³/mol. The van der Waals surface area contributed by atoms with Crippen LogP contribution in [0.5, 0.6) is 0 Å². The molecule has 4 amide bonds. The molecule has 0 radical (unpaired) electrons. The van der Waals surface area contributed by atoms with Crippen LogP contribution in [0.25, 0.3) is 0 Å². The van der Waals surface area contributed by atoms with Crippen molar-refractivity contribution in [3.05, 3.63) is 0 Å². The largest absolute Gasteiger partial charge is 0.454 e. The third kappa shape index (κ3) is 4.09. The van der Waals surface area contributed by atoms with E-state index < -0.39 is 24.1 Å². The van der Waals surface area contributed by atoms with Crippen LogP contribution in [0.15, 0.2) is 0 Å². The summed E-state index contributed by atoms with van der Waals surface area (Å²) < 4.78 is 5.01. The van der Waals surface area contributed by atoms with E-state index in [1.807, 2.05) is 0 Å². The molecule has 2 aliphatic heterocycles. The van der Waals surface area contributed by atoms with Crippen molar-refractivity contribution in [2.45, 2.75) is 58.4 Å². The molecule has 0 bridgehead atoms. The lowest BCUT2D eigenvalue weighted by atomic mass is 9.64. The van der Waals surface area contributed by atoms with Crippen molar-refractivity contribution in [2.75, 3.05) is 26.2 Å². The number of esters is 1. The second kappa shape index (κ2) is 7.13. The number of rotatable bonds is 4. The maximum Gasteiger partial charge on any atom is 0.326 e. The highest BCUT2D eigenvalue weighted by atomic mass is 16.5. The molecule has 3 aliphatic rings. The van der Waals surface area contributed by atoms with E-state index in [1.54, 1.807) is 4.90 Å². The van der Waals surface area contributed by atoms with E-state index in [9.17, 15) is 19.2 Å². The third-order valence-corrected chi connectivity index (χ3v) is 5.73. The Labute approximate surface area is 159 Å². The van der Waals surface area contributed by atoms with Crippen LogP contribution < -0.4 is 5.32 Å². The third-order valence-electron chi connectivity index (χ3n) is 5.73. The van der Waals surface area contributed by atoms with E-state index in [0.29, 0.717) is 31.8 Å². The first kappa shape index (κ1) is 19.6. The molecule has 2 saturated heterocycles. The van der Waals surface area contributed by atoms with E-state index in [-0.39, 0.29) is 23.8 Å². The zero-order valence-electron chi connectivity index (χ0n) is 16.4. The van der Waals surface area contributed by atoms with E-state index in [0.717, 1.165) is 24.2 Å². The summed E-state index contributed by atoms with van der Waals surface area (Å²) in [7, 11) is 0. The molecule has 0 aromatic carbocycles. The van der Waals surface area contributed by atoms with E-state index >= 15 is 0 Å². The number of nitrogens with zero attached hydrogens (tertiary/aromatic N) is 2. The van der Waals surface area contributed by atoms with Crippen LogP contribution in [0.2, 0.25) is 0 Å². The molecule has 8 nitrogen and oxygen atoms in total. The van der Waals surface area contributed by atoms with Gasteiger partial charge >= 0.3 is 12.0 Å². The summed E-state index contributed by atoms with van der Waals surface area (Å²) >= 11 is 0. The standard InChI is InChI=1S/C19H29N3O5/c1-13-8-18(2,3)12-19(9-13)16(25)22(17(26)20-19)10-15(24)27-11-14(23)21-6-4-5-7-21/h13H,4-12H2,1-3H3,(H,20,26)/t13-,19+/m1/s1. The smallest absolute Gasteiger partial charge is 0.326 e. The highest BCUT2D eigenvalue weighted by Gasteiger charge is 2.56. The van der Waals surface area contributed by atoms with Crippen molar-refractivity contribution in [1.82, 2.24) is 15.1 Å². The number of carbonyl (C=O) groups is 4. The highest BCUT2D eigenvalue weighted by molar-refractivity contribution is 6.08. The topological polar surface area (TPSA) is 96.0 Å². The molecule has 3 fully saturated rings. The number of ether oxygens (including phenoxy) is 1. The number of urea groups is 1. The minimum absolute atomic E-state index is 0.0702. The molecule has 1 aliphatic carbocycles. The van der Waals surface area contributed by atoms with Crippen LogP contribution in [0, 0.1) is 11.3 Å². The van der Waals surface area contributed by atoms with Gasteiger partial charge in [-0.15, -0.1) is 0 Å². The normalized spacial score (nSPS) is 30.0. The zero-order chi connectivity index (χ0) is 19.8. The number of amides is 4. The summed E-state index contributed by atoms with van der Waals surface area (Å²) in [5.74, 6) is -1.05. The molecule has 1 spiro atoms. The lowest BCUT2D eigenvalue weighted by Crippen LogP contribution is -2.54. The maximum absolute atomic E-state index is 13.0. The Balaban J connectivity index is 1.58. The van der Waals surface area contributed by atoms with E-state index in [1.165, 1.54) is 0 Å². The van der Waals surface area contributed by atoms with Gasteiger partial charge in [0.1, 0.15) is 12.1 Å². The molecule has 1 N–H and O–H groups in total. The molecule has 0 unspecified atom stereocenters.